The number of methoxy groups -OCH3 is 1. The van der Waals surface area contributed by atoms with E-state index in [1.807, 2.05) is 64.1 Å². The molecular weight excluding hydrogens is 482 g/mol. The van der Waals surface area contributed by atoms with Crippen molar-refractivity contribution < 1.29 is 19.1 Å². The van der Waals surface area contributed by atoms with Crippen LogP contribution in [0.15, 0.2) is 72.8 Å². The molecule has 0 aliphatic heterocycles. The fourth-order valence-electron chi connectivity index (χ4n) is 4.23. The first-order valence-electron chi connectivity index (χ1n) is 12.5. The van der Waals surface area contributed by atoms with Crippen molar-refractivity contribution in [2.24, 2.45) is 0 Å². The topological polar surface area (TPSA) is 98.6 Å². The Morgan fingerprint density at radius 2 is 1.74 bits per heavy atom. The highest BCUT2D eigenvalue weighted by Crippen LogP contribution is 2.33. The van der Waals surface area contributed by atoms with Gasteiger partial charge in [-0.25, -0.2) is 4.68 Å². The van der Waals surface area contributed by atoms with Gasteiger partial charge in [-0.1, -0.05) is 35.5 Å². The lowest BCUT2D eigenvalue weighted by atomic mass is 10.0. The lowest BCUT2D eigenvalue weighted by Crippen LogP contribution is -2.50. The summed E-state index contributed by atoms with van der Waals surface area (Å²) in [6.45, 7) is 7.93. The van der Waals surface area contributed by atoms with Gasteiger partial charge in [0.2, 0.25) is 11.8 Å². The average Bonchev–Trinajstić information content (AvgIpc) is 3.29. The number of fused-ring (bicyclic) bond motifs is 1. The molecule has 4 aromatic rings. The van der Waals surface area contributed by atoms with Gasteiger partial charge in [-0.15, -0.1) is 5.10 Å². The maximum absolute atomic E-state index is 14.1. The molecule has 2 amide bonds. The quantitative estimate of drug-likeness (QED) is 0.352. The van der Waals surface area contributed by atoms with Crippen LogP contribution in [0, 0.1) is 0 Å². The summed E-state index contributed by atoms with van der Waals surface area (Å²) in [4.78, 5) is 29.5. The zero-order valence-corrected chi connectivity index (χ0v) is 22.3. The lowest BCUT2D eigenvalue weighted by Gasteiger charge is -2.34. The van der Waals surface area contributed by atoms with E-state index in [0.717, 1.165) is 5.52 Å². The molecule has 3 aromatic carbocycles. The molecular formula is C29H33N5O4. The smallest absolute Gasteiger partial charge is 0.249 e. The van der Waals surface area contributed by atoms with Crippen molar-refractivity contribution in [1.82, 2.24) is 20.3 Å². The van der Waals surface area contributed by atoms with E-state index in [1.165, 1.54) is 4.90 Å². The number of anilines is 1. The number of nitrogens with zero attached hydrogens (tertiary/aromatic N) is 4. The molecule has 1 atom stereocenters. The third-order valence-electron chi connectivity index (χ3n) is 5.80. The monoisotopic (exact) mass is 515 g/mol. The number of benzene rings is 3. The van der Waals surface area contributed by atoms with Gasteiger partial charge < -0.3 is 14.8 Å². The number of aromatic nitrogens is 3. The summed E-state index contributed by atoms with van der Waals surface area (Å²) in [6, 6.07) is 20.8. The summed E-state index contributed by atoms with van der Waals surface area (Å²) < 4.78 is 12.7. The molecule has 0 aliphatic carbocycles. The van der Waals surface area contributed by atoms with E-state index >= 15 is 0 Å². The largest absolute Gasteiger partial charge is 0.497 e. The van der Waals surface area contributed by atoms with Crippen molar-refractivity contribution in [3.05, 3.63) is 78.4 Å². The average molecular weight is 516 g/mol. The minimum atomic E-state index is -0.997. The van der Waals surface area contributed by atoms with Crippen molar-refractivity contribution in [3.8, 4) is 11.5 Å². The first kappa shape index (κ1) is 26.7. The summed E-state index contributed by atoms with van der Waals surface area (Å²) in [6.07, 6.45) is 0. The summed E-state index contributed by atoms with van der Waals surface area (Å²) in [5.74, 6) is 0.499. The van der Waals surface area contributed by atoms with Crippen LogP contribution in [-0.2, 0) is 16.1 Å². The summed E-state index contributed by atoms with van der Waals surface area (Å²) in [7, 11) is 1.56. The number of hydrogen-bond donors (Lipinski definition) is 1. The van der Waals surface area contributed by atoms with Gasteiger partial charge in [-0.3, -0.25) is 14.5 Å². The van der Waals surface area contributed by atoms with E-state index in [0.29, 0.717) is 34.9 Å². The van der Waals surface area contributed by atoms with Gasteiger partial charge in [0, 0.05) is 17.3 Å². The Bertz CT molecular complexity index is 1430. The normalized spacial score (nSPS) is 12.1. The second-order valence-electron chi connectivity index (χ2n) is 9.85. The van der Waals surface area contributed by atoms with Gasteiger partial charge in [0.1, 0.15) is 29.6 Å². The van der Waals surface area contributed by atoms with E-state index in [9.17, 15) is 9.59 Å². The van der Waals surface area contributed by atoms with Crippen LogP contribution in [0.3, 0.4) is 0 Å². The molecule has 4 rings (SSSR count). The van der Waals surface area contributed by atoms with Gasteiger partial charge in [0.25, 0.3) is 0 Å². The Morgan fingerprint density at radius 1 is 1.00 bits per heavy atom. The third kappa shape index (κ3) is 6.11. The van der Waals surface area contributed by atoms with Crippen LogP contribution in [-0.4, -0.2) is 46.1 Å². The predicted molar refractivity (Wildman–Crippen MR) is 146 cm³/mol. The molecule has 1 aromatic heterocycles. The van der Waals surface area contributed by atoms with E-state index < -0.39 is 11.6 Å². The second-order valence-corrected chi connectivity index (χ2v) is 9.85. The highest BCUT2D eigenvalue weighted by molar-refractivity contribution is 6.02. The molecule has 9 nitrogen and oxygen atoms in total. The summed E-state index contributed by atoms with van der Waals surface area (Å²) in [5.41, 5.74) is 1.99. The Labute approximate surface area is 222 Å². The second kappa shape index (κ2) is 11.3. The van der Waals surface area contributed by atoms with E-state index in [4.69, 9.17) is 9.47 Å². The summed E-state index contributed by atoms with van der Waals surface area (Å²) in [5, 5.41) is 11.4. The van der Waals surface area contributed by atoms with Gasteiger partial charge in [-0.05, 0) is 69.7 Å². The van der Waals surface area contributed by atoms with Crippen LogP contribution in [0.4, 0.5) is 5.69 Å². The lowest BCUT2D eigenvalue weighted by molar-refractivity contribution is -0.128. The first-order chi connectivity index (χ1) is 18.2. The molecule has 0 saturated heterocycles. The number of carbonyl (C=O) groups excluding carboxylic acids is 2. The van der Waals surface area contributed by atoms with Gasteiger partial charge in [-0.2, -0.15) is 0 Å². The van der Waals surface area contributed by atoms with Crippen molar-refractivity contribution in [2.45, 2.75) is 45.8 Å². The Balaban J connectivity index is 1.85. The fourth-order valence-corrected chi connectivity index (χ4v) is 4.23. The van der Waals surface area contributed by atoms with Crippen LogP contribution in [0.25, 0.3) is 11.0 Å². The minimum absolute atomic E-state index is 0.122. The minimum Gasteiger partial charge on any atom is -0.497 e. The summed E-state index contributed by atoms with van der Waals surface area (Å²) >= 11 is 0. The molecule has 1 heterocycles. The van der Waals surface area contributed by atoms with Crippen molar-refractivity contribution in [3.63, 3.8) is 0 Å². The molecule has 0 aliphatic rings. The predicted octanol–water partition coefficient (Wildman–Crippen LogP) is 4.53. The van der Waals surface area contributed by atoms with E-state index in [-0.39, 0.29) is 18.4 Å². The van der Waals surface area contributed by atoms with E-state index in [2.05, 4.69) is 15.6 Å². The third-order valence-corrected chi connectivity index (χ3v) is 5.80. The molecule has 0 unspecified atom stereocenters. The van der Waals surface area contributed by atoms with Crippen LogP contribution < -0.4 is 19.7 Å². The highest BCUT2D eigenvalue weighted by atomic mass is 16.5. The van der Waals surface area contributed by atoms with Crippen LogP contribution in [0.1, 0.15) is 39.3 Å². The van der Waals surface area contributed by atoms with Gasteiger partial charge >= 0.3 is 0 Å². The van der Waals surface area contributed by atoms with Crippen LogP contribution in [0.2, 0.25) is 0 Å². The number of para-hydroxylation sites is 1. The van der Waals surface area contributed by atoms with Crippen LogP contribution in [0.5, 0.6) is 11.5 Å². The van der Waals surface area contributed by atoms with Crippen molar-refractivity contribution in [2.75, 3.05) is 18.6 Å². The Kier molecular flexibility index (Phi) is 7.95. The molecule has 0 radical (unpaired) electrons. The molecule has 0 saturated carbocycles. The Hall–Kier alpha value is -4.40. The molecule has 1 N–H and O–H groups in total. The standard InChI is InChI=1S/C29H33N5O4/c1-6-38-23-14-10-12-21(18-23)34(26(35)19-33-25-16-8-7-15-24(25)31-32-33)27(28(36)30-29(2,3)4)20-11-9-13-22(17-20)37-5/h7-18,27H,6,19H2,1-5H3,(H,30,36)/t27-/m0/s1. The van der Waals surface area contributed by atoms with Crippen molar-refractivity contribution in [1.29, 1.82) is 0 Å². The maximum atomic E-state index is 14.1. The molecule has 0 fully saturated rings. The number of carbonyl (C=O) groups is 2. The number of rotatable bonds is 9. The van der Waals surface area contributed by atoms with Crippen LogP contribution >= 0.6 is 0 Å². The molecule has 38 heavy (non-hydrogen) atoms. The molecule has 0 spiro atoms. The molecule has 9 heteroatoms. The fraction of sp³-hybridized carbons (Fsp3) is 0.310. The number of ether oxygens (including phenoxy) is 2. The van der Waals surface area contributed by atoms with Crippen molar-refractivity contribution >= 4 is 28.5 Å². The maximum Gasteiger partial charge on any atom is 0.249 e. The highest BCUT2D eigenvalue weighted by Gasteiger charge is 2.35. The number of hydrogen-bond acceptors (Lipinski definition) is 6. The molecule has 198 valence electrons. The number of amides is 2. The van der Waals surface area contributed by atoms with Gasteiger partial charge in [0.15, 0.2) is 0 Å². The SMILES string of the molecule is CCOc1cccc(N(C(=O)Cn2nnc3ccccc32)[C@H](C(=O)NC(C)(C)C)c2cccc(OC)c2)c1. The van der Waals surface area contributed by atoms with Gasteiger partial charge in [0.05, 0.1) is 19.2 Å². The zero-order chi connectivity index (χ0) is 27.3. The Morgan fingerprint density at radius 3 is 2.47 bits per heavy atom. The molecule has 0 bridgehead atoms. The first-order valence-corrected chi connectivity index (χ1v) is 12.5. The zero-order valence-electron chi connectivity index (χ0n) is 22.3. The number of nitrogens with one attached hydrogen (secondary N) is 1. The van der Waals surface area contributed by atoms with E-state index in [1.54, 1.807) is 48.2 Å².